The highest BCUT2D eigenvalue weighted by atomic mass is 15.2. The van der Waals surface area contributed by atoms with Gasteiger partial charge in [-0.2, -0.15) is 0 Å². The Kier molecular flexibility index (Phi) is 4.44. The minimum atomic E-state index is 0.746. The molecule has 1 N–H and O–H groups in total. The van der Waals surface area contributed by atoms with Crippen molar-refractivity contribution >= 4 is 5.82 Å². The summed E-state index contributed by atoms with van der Waals surface area (Å²) >= 11 is 0. The van der Waals surface area contributed by atoms with E-state index in [9.17, 15) is 0 Å². The van der Waals surface area contributed by atoms with E-state index in [2.05, 4.69) is 38.9 Å². The van der Waals surface area contributed by atoms with Gasteiger partial charge < -0.3 is 9.88 Å². The second-order valence-corrected chi connectivity index (χ2v) is 5.08. The summed E-state index contributed by atoms with van der Waals surface area (Å²) in [7, 11) is 0. The molecule has 0 spiro atoms. The van der Waals surface area contributed by atoms with Crippen LogP contribution >= 0.6 is 0 Å². The van der Waals surface area contributed by atoms with Crippen molar-refractivity contribution in [1.29, 1.82) is 0 Å². The van der Waals surface area contributed by atoms with Crippen LogP contribution in [0.3, 0.4) is 0 Å². The molecule has 3 aromatic rings. The Balaban J connectivity index is 1.77. The standard InChI is InChI=1S/C17H19N5/c1-2-22(12-15-11-18-13-20-15)17-8-9-19-16(21-17)10-14-6-4-3-5-7-14/h3-9,11,13H,2,10,12H2,1H3,(H,18,20). The van der Waals surface area contributed by atoms with Crippen molar-refractivity contribution < 1.29 is 0 Å². The zero-order valence-electron chi connectivity index (χ0n) is 12.6. The van der Waals surface area contributed by atoms with Crippen LogP contribution in [0.1, 0.15) is 24.0 Å². The number of imidazole rings is 1. The lowest BCUT2D eigenvalue weighted by molar-refractivity contribution is 0.786. The van der Waals surface area contributed by atoms with Crippen molar-refractivity contribution in [3.8, 4) is 0 Å². The maximum Gasteiger partial charge on any atom is 0.135 e. The molecule has 5 nitrogen and oxygen atoms in total. The minimum Gasteiger partial charge on any atom is -0.351 e. The second-order valence-electron chi connectivity index (χ2n) is 5.08. The molecule has 0 aliphatic rings. The van der Waals surface area contributed by atoms with Gasteiger partial charge in [-0.3, -0.25) is 0 Å². The van der Waals surface area contributed by atoms with Crippen LogP contribution in [0.5, 0.6) is 0 Å². The number of hydrogen-bond acceptors (Lipinski definition) is 4. The fourth-order valence-electron chi connectivity index (χ4n) is 2.36. The van der Waals surface area contributed by atoms with Crippen LogP contribution in [0.15, 0.2) is 55.1 Å². The summed E-state index contributed by atoms with van der Waals surface area (Å²) in [6.07, 6.45) is 6.12. The highest BCUT2D eigenvalue weighted by Crippen LogP contribution is 2.14. The van der Waals surface area contributed by atoms with Crippen molar-refractivity contribution in [2.45, 2.75) is 19.9 Å². The monoisotopic (exact) mass is 293 g/mol. The van der Waals surface area contributed by atoms with Gasteiger partial charge in [0.1, 0.15) is 11.6 Å². The van der Waals surface area contributed by atoms with Crippen LogP contribution < -0.4 is 4.90 Å². The van der Waals surface area contributed by atoms with Gasteiger partial charge in [-0.1, -0.05) is 30.3 Å². The van der Waals surface area contributed by atoms with Gasteiger partial charge >= 0.3 is 0 Å². The Morgan fingerprint density at radius 3 is 2.73 bits per heavy atom. The van der Waals surface area contributed by atoms with E-state index in [-0.39, 0.29) is 0 Å². The van der Waals surface area contributed by atoms with E-state index in [1.165, 1.54) is 5.56 Å². The van der Waals surface area contributed by atoms with E-state index >= 15 is 0 Å². The quantitative estimate of drug-likeness (QED) is 0.759. The Morgan fingerprint density at radius 1 is 1.14 bits per heavy atom. The van der Waals surface area contributed by atoms with Crippen molar-refractivity contribution in [2.24, 2.45) is 0 Å². The van der Waals surface area contributed by atoms with Crippen molar-refractivity contribution in [1.82, 2.24) is 19.9 Å². The van der Waals surface area contributed by atoms with Gasteiger partial charge in [0.2, 0.25) is 0 Å². The van der Waals surface area contributed by atoms with Gasteiger partial charge in [0.15, 0.2) is 0 Å². The van der Waals surface area contributed by atoms with E-state index in [0.717, 1.165) is 36.8 Å². The first-order valence-corrected chi connectivity index (χ1v) is 7.43. The zero-order valence-corrected chi connectivity index (χ0v) is 12.6. The van der Waals surface area contributed by atoms with Crippen LogP contribution in [0.2, 0.25) is 0 Å². The lowest BCUT2D eigenvalue weighted by Crippen LogP contribution is -2.23. The average Bonchev–Trinajstić information content (AvgIpc) is 3.07. The first-order chi connectivity index (χ1) is 10.8. The van der Waals surface area contributed by atoms with Gasteiger partial charge in [-0.05, 0) is 18.6 Å². The molecule has 0 saturated heterocycles. The molecule has 112 valence electrons. The Hall–Kier alpha value is -2.69. The molecule has 0 fully saturated rings. The van der Waals surface area contributed by atoms with E-state index < -0.39 is 0 Å². The third-order valence-electron chi connectivity index (χ3n) is 3.52. The number of benzene rings is 1. The summed E-state index contributed by atoms with van der Waals surface area (Å²) in [5, 5.41) is 0. The number of aromatic amines is 1. The normalized spacial score (nSPS) is 10.6. The molecule has 3 rings (SSSR count). The van der Waals surface area contributed by atoms with Gasteiger partial charge in [0, 0.05) is 25.4 Å². The fourth-order valence-corrected chi connectivity index (χ4v) is 2.36. The predicted molar refractivity (Wildman–Crippen MR) is 86.6 cm³/mol. The van der Waals surface area contributed by atoms with Gasteiger partial charge in [0.25, 0.3) is 0 Å². The molecule has 0 saturated carbocycles. The second kappa shape index (κ2) is 6.85. The summed E-state index contributed by atoms with van der Waals surface area (Å²) in [5.74, 6) is 1.78. The number of nitrogens with zero attached hydrogens (tertiary/aromatic N) is 4. The first kappa shape index (κ1) is 14.3. The lowest BCUT2D eigenvalue weighted by atomic mass is 10.1. The number of rotatable bonds is 6. The third-order valence-corrected chi connectivity index (χ3v) is 3.52. The summed E-state index contributed by atoms with van der Waals surface area (Å²) in [5.41, 5.74) is 2.29. The van der Waals surface area contributed by atoms with E-state index in [0.29, 0.717) is 0 Å². The lowest BCUT2D eigenvalue weighted by Gasteiger charge is -2.21. The molecule has 0 bridgehead atoms. The van der Waals surface area contributed by atoms with Gasteiger partial charge in [-0.25, -0.2) is 15.0 Å². The first-order valence-electron chi connectivity index (χ1n) is 7.43. The molecule has 2 heterocycles. The molecule has 1 aromatic carbocycles. The van der Waals surface area contributed by atoms with Crippen molar-refractivity contribution in [3.63, 3.8) is 0 Å². The molecule has 0 aliphatic heterocycles. The smallest absolute Gasteiger partial charge is 0.135 e. The largest absolute Gasteiger partial charge is 0.351 e. The predicted octanol–water partition coefficient (Wildman–Crippen LogP) is 2.82. The molecule has 5 heteroatoms. The number of nitrogens with one attached hydrogen (secondary N) is 1. The maximum absolute atomic E-state index is 4.70. The van der Waals surface area contributed by atoms with Crippen LogP contribution in [0.4, 0.5) is 5.82 Å². The minimum absolute atomic E-state index is 0.746. The topological polar surface area (TPSA) is 57.7 Å². The summed E-state index contributed by atoms with van der Waals surface area (Å²) in [4.78, 5) is 18.5. The molecule has 2 aromatic heterocycles. The molecule has 22 heavy (non-hydrogen) atoms. The van der Waals surface area contributed by atoms with E-state index in [1.54, 1.807) is 6.33 Å². The highest BCUT2D eigenvalue weighted by molar-refractivity contribution is 5.38. The van der Waals surface area contributed by atoms with Crippen molar-refractivity contribution in [2.75, 3.05) is 11.4 Å². The number of aromatic nitrogens is 4. The molecular formula is C17H19N5. The summed E-state index contributed by atoms with van der Waals surface area (Å²) < 4.78 is 0. The third kappa shape index (κ3) is 3.49. The van der Waals surface area contributed by atoms with Gasteiger partial charge in [-0.15, -0.1) is 0 Å². The Morgan fingerprint density at radius 2 is 2.00 bits per heavy atom. The molecule has 0 amide bonds. The molecule has 0 atom stereocenters. The molecule has 0 radical (unpaired) electrons. The Labute approximate surface area is 130 Å². The maximum atomic E-state index is 4.70. The van der Waals surface area contributed by atoms with Gasteiger partial charge in [0.05, 0.1) is 18.6 Å². The fraction of sp³-hybridized carbons (Fsp3) is 0.235. The van der Waals surface area contributed by atoms with Crippen molar-refractivity contribution in [3.05, 3.63) is 72.2 Å². The molecule has 0 unspecified atom stereocenters. The van der Waals surface area contributed by atoms with Crippen LogP contribution in [-0.4, -0.2) is 26.5 Å². The summed E-state index contributed by atoms with van der Waals surface area (Å²) in [6.45, 7) is 3.76. The van der Waals surface area contributed by atoms with Crippen LogP contribution in [0.25, 0.3) is 0 Å². The number of hydrogen-bond donors (Lipinski definition) is 1. The summed E-state index contributed by atoms with van der Waals surface area (Å²) in [6, 6.07) is 12.2. The van der Waals surface area contributed by atoms with E-state index in [1.807, 2.05) is 36.7 Å². The molecule has 0 aliphatic carbocycles. The number of H-pyrrole nitrogens is 1. The van der Waals surface area contributed by atoms with Crippen LogP contribution in [0, 0.1) is 0 Å². The SMILES string of the molecule is CCN(Cc1cnc[nH]1)c1ccnc(Cc2ccccc2)n1. The average molecular weight is 293 g/mol. The van der Waals surface area contributed by atoms with E-state index in [4.69, 9.17) is 4.98 Å². The number of anilines is 1. The Bertz CT molecular complexity index is 694. The highest BCUT2D eigenvalue weighted by Gasteiger charge is 2.09. The zero-order chi connectivity index (χ0) is 15.2. The van der Waals surface area contributed by atoms with Crippen LogP contribution in [-0.2, 0) is 13.0 Å². The molecular weight excluding hydrogens is 274 g/mol.